The second kappa shape index (κ2) is 4.07. The molecule has 0 radical (unpaired) electrons. The molecule has 76 valence electrons. The number of carbonyl (C=O) groups is 1. The van der Waals surface area contributed by atoms with Crippen molar-refractivity contribution in [1.29, 1.82) is 0 Å². The van der Waals surface area contributed by atoms with E-state index in [1.807, 2.05) is 13.8 Å². The largest absolute Gasteiger partial charge is 0.337 e. The van der Waals surface area contributed by atoms with Crippen molar-refractivity contribution in [2.75, 3.05) is 13.1 Å². The Balaban J connectivity index is 2.45. The van der Waals surface area contributed by atoms with Crippen molar-refractivity contribution < 1.29 is 4.79 Å². The van der Waals surface area contributed by atoms with Crippen molar-refractivity contribution in [2.24, 2.45) is 11.7 Å². The van der Waals surface area contributed by atoms with E-state index in [0.29, 0.717) is 6.54 Å². The monoisotopic (exact) mass is 185 g/mol. The minimum atomic E-state index is -0.528. The predicted octanol–water partition coefficient (Wildman–Crippen LogP) is -0.203. The van der Waals surface area contributed by atoms with E-state index in [1.54, 1.807) is 0 Å². The summed E-state index contributed by atoms with van der Waals surface area (Å²) >= 11 is 0. The zero-order chi connectivity index (χ0) is 9.90. The summed E-state index contributed by atoms with van der Waals surface area (Å²) in [5.41, 5.74) is 5.48. The second-order valence-electron chi connectivity index (χ2n) is 4.08. The van der Waals surface area contributed by atoms with Crippen LogP contribution in [0.4, 0.5) is 0 Å². The van der Waals surface area contributed by atoms with Gasteiger partial charge in [0.15, 0.2) is 0 Å². The number of piperidine rings is 1. The van der Waals surface area contributed by atoms with E-state index in [1.165, 1.54) is 0 Å². The molecule has 13 heavy (non-hydrogen) atoms. The molecule has 0 aromatic carbocycles. The van der Waals surface area contributed by atoms with Gasteiger partial charge in [-0.3, -0.25) is 4.79 Å². The van der Waals surface area contributed by atoms with Gasteiger partial charge in [-0.2, -0.15) is 0 Å². The van der Waals surface area contributed by atoms with E-state index in [4.69, 9.17) is 5.73 Å². The van der Waals surface area contributed by atoms with Crippen LogP contribution in [0, 0.1) is 5.92 Å². The SMILES string of the molecule is CC(C)C(=O)NC1(N)CCCNC1. The summed E-state index contributed by atoms with van der Waals surface area (Å²) in [4.78, 5) is 11.4. The first kappa shape index (κ1) is 10.5. The van der Waals surface area contributed by atoms with Crippen molar-refractivity contribution in [2.45, 2.75) is 32.4 Å². The summed E-state index contributed by atoms with van der Waals surface area (Å²) in [6, 6.07) is 0. The number of hydrogen-bond donors (Lipinski definition) is 3. The van der Waals surface area contributed by atoms with Gasteiger partial charge in [0.2, 0.25) is 5.91 Å². The molecule has 0 spiro atoms. The van der Waals surface area contributed by atoms with Crippen molar-refractivity contribution in [3.8, 4) is 0 Å². The van der Waals surface area contributed by atoms with Gasteiger partial charge in [0.25, 0.3) is 0 Å². The van der Waals surface area contributed by atoms with Crippen LogP contribution in [-0.4, -0.2) is 24.7 Å². The van der Waals surface area contributed by atoms with Crippen LogP contribution in [0.3, 0.4) is 0 Å². The van der Waals surface area contributed by atoms with Gasteiger partial charge in [0.1, 0.15) is 5.66 Å². The molecule has 1 aliphatic rings. The van der Waals surface area contributed by atoms with Crippen LogP contribution in [-0.2, 0) is 4.79 Å². The fourth-order valence-corrected chi connectivity index (χ4v) is 1.43. The minimum Gasteiger partial charge on any atom is -0.337 e. The average Bonchev–Trinajstić information content (AvgIpc) is 2.04. The Hall–Kier alpha value is -0.610. The highest BCUT2D eigenvalue weighted by atomic mass is 16.2. The van der Waals surface area contributed by atoms with Crippen LogP contribution in [0.15, 0.2) is 0 Å². The number of nitrogens with two attached hydrogens (primary N) is 1. The molecular weight excluding hydrogens is 166 g/mol. The topological polar surface area (TPSA) is 67.2 Å². The van der Waals surface area contributed by atoms with Crippen molar-refractivity contribution in [1.82, 2.24) is 10.6 Å². The third-order valence-corrected chi connectivity index (χ3v) is 2.31. The Labute approximate surface area is 79.3 Å². The molecule has 4 heteroatoms. The van der Waals surface area contributed by atoms with Gasteiger partial charge in [0, 0.05) is 12.5 Å². The fourth-order valence-electron chi connectivity index (χ4n) is 1.43. The van der Waals surface area contributed by atoms with Crippen LogP contribution in [0.2, 0.25) is 0 Å². The first-order valence-electron chi connectivity index (χ1n) is 4.85. The molecule has 1 fully saturated rings. The van der Waals surface area contributed by atoms with Gasteiger partial charge in [-0.25, -0.2) is 0 Å². The normalized spacial score (nSPS) is 28.9. The van der Waals surface area contributed by atoms with Gasteiger partial charge in [0.05, 0.1) is 0 Å². The third-order valence-electron chi connectivity index (χ3n) is 2.31. The highest BCUT2D eigenvalue weighted by molar-refractivity contribution is 5.78. The van der Waals surface area contributed by atoms with E-state index >= 15 is 0 Å². The molecule has 1 saturated heterocycles. The van der Waals surface area contributed by atoms with Crippen LogP contribution in [0.25, 0.3) is 0 Å². The van der Waals surface area contributed by atoms with E-state index in [2.05, 4.69) is 10.6 Å². The Bertz CT molecular complexity index is 185. The zero-order valence-electron chi connectivity index (χ0n) is 8.39. The second-order valence-corrected chi connectivity index (χ2v) is 4.08. The Morgan fingerprint density at radius 1 is 1.62 bits per heavy atom. The predicted molar refractivity (Wildman–Crippen MR) is 52.0 cm³/mol. The standard InChI is InChI=1S/C9H19N3O/c1-7(2)8(13)12-9(10)4-3-5-11-6-9/h7,11H,3-6,10H2,1-2H3,(H,12,13). The number of carbonyl (C=O) groups excluding carboxylic acids is 1. The molecule has 1 rings (SSSR count). The summed E-state index contributed by atoms with van der Waals surface area (Å²) < 4.78 is 0. The first-order chi connectivity index (χ1) is 6.03. The summed E-state index contributed by atoms with van der Waals surface area (Å²) in [5.74, 6) is 0.0357. The molecule has 1 heterocycles. The van der Waals surface area contributed by atoms with E-state index < -0.39 is 5.66 Å². The third kappa shape index (κ3) is 2.97. The van der Waals surface area contributed by atoms with Crippen molar-refractivity contribution >= 4 is 5.91 Å². The number of nitrogens with one attached hydrogen (secondary N) is 2. The van der Waals surface area contributed by atoms with Gasteiger partial charge in [-0.05, 0) is 19.4 Å². The average molecular weight is 185 g/mol. The molecule has 0 saturated carbocycles. The molecule has 0 aromatic rings. The highest BCUT2D eigenvalue weighted by Crippen LogP contribution is 2.10. The number of rotatable bonds is 2. The molecule has 1 unspecified atom stereocenters. The minimum absolute atomic E-state index is 0.00218. The Morgan fingerprint density at radius 3 is 2.77 bits per heavy atom. The molecule has 1 atom stereocenters. The van der Waals surface area contributed by atoms with Crippen LogP contribution >= 0.6 is 0 Å². The molecule has 1 amide bonds. The summed E-state index contributed by atoms with van der Waals surface area (Å²) in [6.07, 6.45) is 1.88. The smallest absolute Gasteiger partial charge is 0.224 e. The summed E-state index contributed by atoms with van der Waals surface area (Å²) in [7, 11) is 0. The molecule has 0 aliphatic carbocycles. The Kier molecular flexibility index (Phi) is 3.27. The van der Waals surface area contributed by atoms with E-state index in [0.717, 1.165) is 19.4 Å². The molecule has 0 aromatic heterocycles. The molecular formula is C9H19N3O. The zero-order valence-corrected chi connectivity index (χ0v) is 8.39. The van der Waals surface area contributed by atoms with Crippen LogP contribution < -0.4 is 16.4 Å². The van der Waals surface area contributed by atoms with Crippen LogP contribution in [0.1, 0.15) is 26.7 Å². The van der Waals surface area contributed by atoms with Gasteiger partial charge in [-0.1, -0.05) is 13.8 Å². The molecule has 1 aliphatic heterocycles. The lowest BCUT2D eigenvalue weighted by molar-refractivity contribution is -0.126. The summed E-state index contributed by atoms with van der Waals surface area (Å²) in [5, 5.41) is 6.05. The Morgan fingerprint density at radius 2 is 2.31 bits per heavy atom. The maximum atomic E-state index is 11.4. The van der Waals surface area contributed by atoms with Gasteiger partial charge >= 0.3 is 0 Å². The molecule has 4 nitrogen and oxygen atoms in total. The maximum absolute atomic E-state index is 11.4. The maximum Gasteiger partial charge on any atom is 0.224 e. The lowest BCUT2D eigenvalue weighted by atomic mass is 10.00. The molecule has 4 N–H and O–H groups in total. The number of hydrogen-bond acceptors (Lipinski definition) is 3. The first-order valence-corrected chi connectivity index (χ1v) is 4.85. The number of amides is 1. The highest BCUT2D eigenvalue weighted by Gasteiger charge is 2.29. The fraction of sp³-hybridized carbons (Fsp3) is 0.889. The quantitative estimate of drug-likeness (QED) is 0.522. The van der Waals surface area contributed by atoms with E-state index in [9.17, 15) is 4.79 Å². The van der Waals surface area contributed by atoms with Crippen molar-refractivity contribution in [3.05, 3.63) is 0 Å². The lowest BCUT2D eigenvalue weighted by Gasteiger charge is -2.35. The molecule has 0 bridgehead atoms. The lowest BCUT2D eigenvalue weighted by Crippen LogP contribution is -2.64. The van der Waals surface area contributed by atoms with Crippen LogP contribution in [0.5, 0.6) is 0 Å². The summed E-state index contributed by atoms with van der Waals surface area (Å²) in [6.45, 7) is 5.41. The van der Waals surface area contributed by atoms with E-state index in [-0.39, 0.29) is 11.8 Å². The van der Waals surface area contributed by atoms with Gasteiger partial charge in [-0.15, -0.1) is 0 Å². The van der Waals surface area contributed by atoms with Crippen molar-refractivity contribution in [3.63, 3.8) is 0 Å². The van der Waals surface area contributed by atoms with Gasteiger partial charge < -0.3 is 16.4 Å².